The largest absolute Gasteiger partial charge is 0.334 e. The fourth-order valence-corrected chi connectivity index (χ4v) is 4.25. The van der Waals surface area contributed by atoms with Crippen LogP contribution in [-0.2, 0) is 21.4 Å². The first-order valence-corrected chi connectivity index (χ1v) is 11.9. The molecular formula is C22H27N5O4S. The molecule has 2 aromatic carbocycles. The van der Waals surface area contributed by atoms with Crippen molar-refractivity contribution in [1.82, 2.24) is 15.4 Å². The number of aliphatic imine (C=N–C) groups is 1. The number of carbonyl (C=O) groups excluding carboxylic acids is 2. The highest BCUT2D eigenvalue weighted by molar-refractivity contribution is 7.90. The molecule has 1 heterocycles. The highest BCUT2D eigenvalue weighted by Gasteiger charge is 2.18. The summed E-state index contributed by atoms with van der Waals surface area (Å²) in [5.74, 6) is -0.0156. The summed E-state index contributed by atoms with van der Waals surface area (Å²) in [6.07, 6.45) is 3.46. The number of carbonyl (C=O) groups is 2. The summed E-state index contributed by atoms with van der Waals surface area (Å²) in [6, 6.07) is 14.8. The second-order valence-corrected chi connectivity index (χ2v) is 9.02. The SMILES string of the molecule is O=C(CNC(=O)NCc1ccccc1)Nc1cccc(S(=O)(=O)NC2=NCCCCC2)c1. The van der Waals surface area contributed by atoms with Crippen molar-refractivity contribution in [3.8, 4) is 0 Å². The molecule has 1 aliphatic rings. The van der Waals surface area contributed by atoms with Crippen molar-refractivity contribution in [2.45, 2.75) is 37.1 Å². The van der Waals surface area contributed by atoms with Gasteiger partial charge in [0.25, 0.3) is 10.0 Å². The van der Waals surface area contributed by atoms with Crippen molar-refractivity contribution in [3.63, 3.8) is 0 Å². The van der Waals surface area contributed by atoms with Gasteiger partial charge < -0.3 is 16.0 Å². The number of amides is 3. The summed E-state index contributed by atoms with van der Waals surface area (Å²) < 4.78 is 27.9. The van der Waals surface area contributed by atoms with Crippen LogP contribution in [0.4, 0.5) is 10.5 Å². The summed E-state index contributed by atoms with van der Waals surface area (Å²) in [5.41, 5.74) is 1.25. The predicted octanol–water partition coefficient (Wildman–Crippen LogP) is 2.38. The number of hydrogen-bond acceptors (Lipinski definition) is 5. The number of benzene rings is 2. The van der Waals surface area contributed by atoms with Gasteiger partial charge >= 0.3 is 6.03 Å². The second kappa shape index (κ2) is 11.3. The van der Waals surface area contributed by atoms with Crippen LogP contribution < -0.4 is 20.7 Å². The highest BCUT2D eigenvalue weighted by Crippen LogP contribution is 2.16. The molecule has 0 aromatic heterocycles. The van der Waals surface area contributed by atoms with E-state index in [1.807, 2.05) is 30.3 Å². The highest BCUT2D eigenvalue weighted by atomic mass is 32.2. The average Bonchev–Trinajstić information content (AvgIpc) is 3.05. The van der Waals surface area contributed by atoms with Gasteiger partial charge in [-0.2, -0.15) is 0 Å². The van der Waals surface area contributed by atoms with E-state index in [1.54, 1.807) is 12.1 Å². The number of nitrogens with zero attached hydrogens (tertiary/aromatic N) is 1. The van der Waals surface area contributed by atoms with Crippen LogP contribution >= 0.6 is 0 Å². The minimum atomic E-state index is -3.81. The van der Waals surface area contributed by atoms with E-state index in [-0.39, 0.29) is 11.4 Å². The van der Waals surface area contributed by atoms with Crippen molar-refractivity contribution in [2.75, 3.05) is 18.4 Å². The van der Waals surface area contributed by atoms with Crippen LogP contribution in [-0.4, -0.2) is 39.3 Å². The Bertz CT molecular complexity index is 1070. The Labute approximate surface area is 187 Å². The zero-order valence-electron chi connectivity index (χ0n) is 17.6. The third-order valence-electron chi connectivity index (χ3n) is 4.76. The normalized spacial score (nSPS) is 13.9. The lowest BCUT2D eigenvalue weighted by atomic mass is 10.2. The maximum atomic E-state index is 12.7. The number of rotatable bonds is 7. The molecular weight excluding hydrogens is 430 g/mol. The minimum Gasteiger partial charge on any atom is -0.334 e. The Morgan fingerprint density at radius 1 is 0.938 bits per heavy atom. The van der Waals surface area contributed by atoms with Gasteiger partial charge in [-0.25, -0.2) is 13.2 Å². The lowest BCUT2D eigenvalue weighted by Gasteiger charge is -2.12. The zero-order chi connectivity index (χ0) is 22.8. The Hall–Kier alpha value is -3.40. The van der Waals surface area contributed by atoms with Gasteiger partial charge in [0.05, 0.1) is 11.4 Å². The van der Waals surface area contributed by atoms with Gasteiger partial charge in [-0.15, -0.1) is 0 Å². The summed E-state index contributed by atoms with van der Waals surface area (Å²) >= 11 is 0. The van der Waals surface area contributed by atoms with E-state index in [0.717, 1.165) is 24.8 Å². The van der Waals surface area contributed by atoms with Crippen LogP contribution in [0.5, 0.6) is 0 Å². The average molecular weight is 458 g/mol. The van der Waals surface area contributed by atoms with Crippen molar-refractivity contribution < 1.29 is 18.0 Å². The monoisotopic (exact) mass is 457 g/mol. The third kappa shape index (κ3) is 7.38. The van der Waals surface area contributed by atoms with Crippen molar-refractivity contribution in [3.05, 3.63) is 60.2 Å². The summed E-state index contributed by atoms with van der Waals surface area (Å²) in [4.78, 5) is 28.4. The van der Waals surface area contributed by atoms with Crippen LogP contribution in [0.15, 0.2) is 64.5 Å². The van der Waals surface area contributed by atoms with Crippen molar-refractivity contribution >= 4 is 33.5 Å². The van der Waals surface area contributed by atoms with Crippen LogP contribution in [0.25, 0.3) is 0 Å². The Morgan fingerprint density at radius 2 is 1.75 bits per heavy atom. The molecule has 10 heteroatoms. The molecule has 0 spiro atoms. The summed E-state index contributed by atoms with van der Waals surface area (Å²) in [6.45, 7) is 0.693. The van der Waals surface area contributed by atoms with E-state index < -0.39 is 22.0 Å². The molecule has 0 saturated carbocycles. The van der Waals surface area contributed by atoms with E-state index >= 15 is 0 Å². The Balaban J connectivity index is 1.50. The van der Waals surface area contributed by atoms with Crippen LogP contribution in [0.3, 0.4) is 0 Å². The maximum Gasteiger partial charge on any atom is 0.315 e. The molecule has 0 aliphatic carbocycles. The third-order valence-corrected chi connectivity index (χ3v) is 6.14. The fraction of sp³-hybridized carbons (Fsp3) is 0.318. The lowest BCUT2D eigenvalue weighted by Crippen LogP contribution is -2.39. The number of amidine groups is 1. The van der Waals surface area contributed by atoms with Gasteiger partial charge in [-0.1, -0.05) is 42.8 Å². The van der Waals surface area contributed by atoms with E-state index in [9.17, 15) is 18.0 Å². The molecule has 32 heavy (non-hydrogen) atoms. The number of anilines is 1. The van der Waals surface area contributed by atoms with Gasteiger partial charge in [0.2, 0.25) is 5.91 Å². The molecule has 0 saturated heterocycles. The zero-order valence-corrected chi connectivity index (χ0v) is 18.5. The molecule has 9 nitrogen and oxygen atoms in total. The molecule has 3 amide bonds. The minimum absolute atomic E-state index is 0.0239. The Morgan fingerprint density at radius 3 is 2.56 bits per heavy atom. The predicted molar refractivity (Wildman–Crippen MR) is 123 cm³/mol. The van der Waals surface area contributed by atoms with Gasteiger partial charge in [0.1, 0.15) is 5.84 Å². The summed E-state index contributed by atoms with van der Waals surface area (Å²) in [7, 11) is -3.81. The van der Waals surface area contributed by atoms with E-state index in [4.69, 9.17) is 0 Å². The van der Waals surface area contributed by atoms with Crippen molar-refractivity contribution in [2.24, 2.45) is 4.99 Å². The first-order valence-electron chi connectivity index (χ1n) is 10.4. The summed E-state index contributed by atoms with van der Waals surface area (Å²) in [5, 5.41) is 7.72. The van der Waals surface area contributed by atoms with Crippen LogP contribution in [0, 0.1) is 0 Å². The second-order valence-electron chi connectivity index (χ2n) is 7.34. The number of hydrogen-bond donors (Lipinski definition) is 4. The van der Waals surface area contributed by atoms with Crippen LogP contribution in [0.2, 0.25) is 0 Å². The van der Waals surface area contributed by atoms with Crippen LogP contribution in [0.1, 0.15) is 31.2 Å². The molecule has 3 rings (SSSR count). The van der Waals surface area contributed by atoms with Gasteiger partial charge in [-0.05, 0) is 36.6 Å². The number of urea groups is 1. The topological polar surface area (TPSA) is 129 Å². The molecule has 0 bridgehead atoms. The quantitative estimate of drug-likeness (QED) is 0.509. The lowest BCUT2D eigenvalue weighted by molar-refractivity contribution is -0.115. The maximum absolute atomic E-state index is 12.7. The molecule has 4 N–H and O–H groups in total. The molecule has 1 aliphatic heterocycles. The molecule has 2 aromatic rings. The fourth-order valence-electron chi connectivity index (χ4n) is 3.12. The van der Waals surface area contributed by atoms with Gasteiger partial charge in [0.15, 0.2) is 0 Å². The van der Waals surface area contributed by atoms with E-state index in [0.29, 0.717) is 31.0 Å². The molecule has 170 valence electrons. The molecule has 0 fully saturated rings. The smallest absolute Gasteiger partial charge is 0.315 e. The Kier molecular flexibility index (Phi) is 8.20. The molecule has 0 unspecified atom stereocenters. The molecule has 0 atom stereocenters. The number of nitrogens with one attached hydrogen (secondary N) is 4. The van der Waals surface area contributed by atoms with E-state index in [1.165, 1.54) is 12.1 Å². The first-order chi connectivity index (χ1) is 15.4. The first kappa shape index (κ1) is 23.3. The van der Waals surface area contributed by atoms with Gasteiger partial charge in [0, 0.05) is 25.2 Å². The van der Waals surface area contributed by atoms with Crippen molar-refractivity contribution in [1.29, 1.82) is 0 Å². The van der Waals surface area contributed by atoms with E-state index in [2.05, 4.69) is 25.7 Å². The standard InChI is InChI=1S/C22H27N5O4S/c28-21(16-25-22(29)24-15-17-8-3-1-4-9-17)26-18-10-7-11-19(14-18)32(30,31)27-20-12-5-2-6-13-23-20/h1,3-4,7-11,14H,2,5-6,12-13,15-16H2,(H,23,27)(H,26,28)(H2,24,25,29). The van der Waals surface area contributed by atoms with Gasteiger partial charge in [-0.3, -0.25) is 14.5 Å². The number of sulfonamides is 1. The molecule has 0 radical (unpaired) electrons.